The standard InChI is InChI=1S/C21H25NO4/c1-12(2)26-21(24)18-13(3)22-15-9-7-10-16(23)20(15)19(18)14-8-5-6-11-17(14)25-4/h5-6,8,11-12,19,22H,7,9-10H2,1-4H3. The van der Waals surface area contributed by atoms with Crippen molar-refractivity contribution >= 4 is 11.8 Å². The molecule has 1 aromatic carbocycles. The molecule has 5 nitrogen and oxygen atoms in total. The molecule has 26 heavy (non-hydrogen) atoms. The Morgan fingerprint density at radius 2 is 1.96 bits per heavy atom. The van der Waals surface area contributed by atoms with Crippen LogP contribution in [0, 0.1) is 0 Å². The van der Waals surface area contributed by atoms with Crippen LogP contribution in [0.2, 0.25) is 0 Å². The van der Waals surface area contributed by atoms with E-state index in [0.717, 1.165) is 29.8 Å². The van der Waals surface area contributed by atoms with Crippen molar-refractivity contribution in [2.75, 3.05) is 7.11 Å². The lowest BCUT2D eigenvalue weighted by molar-refractivity contribution is -0.143. The smallest absolute Gasteiger partial charge is 0.337 e. The van der Waals surface area contributed by atoms with Crippen LogP contribution in [0.15, 0.2) is 46.8 Å². The SMILES string of the molecule is COc1ccccc1C1C(C(=O)OC(C)C)=C(C)NC2=C1C(=O)CCC2. The summed E-state index contributed by atoms with van der Waals surface area (Å²) in [6, 6.07) is 7.54. The van der Waals surface area contributed by atoms with Gasteiger partial charge < -0.3 is 14.8 Å². The second-order valence-electron chi connectivity index (χ2n) is 6.96. The summed E-state index contributed by atoms with van der Waals surface area (Å²) in [7, 11) is 1.60. The van der Waals surface area contributed by atoms with Crippen molar-refractivity contribution in [2.24, 2.45) is 0 Å². The van der Waals surface area contributed by atoms with Gasteiger partial charge in [-0.2, -0.15) is 0 Å². The molecule has 1 heterocycles. The highest BCUT2D eigenvalue weighted by atomic mass is 16.5. The van der Waals surface area contributed by atoms with Crippen LogP contribution in [0.1, 0.15) is 51.5 Å². The third-order valence-corrected chi connectivity index (χ3v) is 4.79. The topological polar surface area (TPSA) is 64.6 Å². The molecule has 5 heteroatoms. The van der Waals surface area contributed by atoms with Crippen molar-refractivity contribution in [1.82, 2.24) is 5.32 Å². The Morgan fingerprint density at radius 1 is 1.23 bits per heavy atom. The molecule has 0 spiro atoms. The Kier molecular flexibility index (Phi) is 5.16. The molecule has 0 saturated carbocycles. The number of para-hydroxylation sites is 1. The Labute approximate surface area is 154 Å². The molecule has 0 radical (unpaired) electrons. The molecule has 1 unspecified atom stereocenters. The van der Waals surface area contributed by atoms with E-state index in [4.69, 9.17) is 9.47 Å². The Morgan fingerprint density at radius 3 is 2.65 bits per heavy atom. The minimum absolute atomic E-state index is 0.0806. The van der Waals surface area contributed by atoms with Gasteiger partial charge in [0, 0.05) is 29.0 Å². The molecule has 0 aromatic heterocycles. The average Bonchev–Trinajstić information content (AvgIpc) is 2.60. The fourth-order valence-corrected chi connectivity index (χ4v) is 3.75. The van der Waals surface area contributed by atoms with E-state index in [1.54, 1.807) is 7.11 Å². The third-order valence-electron chi connectivity index (χ3n) is 4.79. The molecule has 1 aromatic rings. The zero-order chi connectivity index (χ0) is 18.8. The maximum Gasteiger partial charge on any atom is 0.337 e. The van der Waals surface area contributed by atoms with Crippen LogP contribution in [0.5, 0.6) is 5.75 Å². The summed E-state index contributed by atoms with van der Waals surface area (Å²) in [5.41, 5.74) is 3.62. The number of esters is 1. The van der Waals surface area contributed by atoms with Gasteiger partial charge in [0.1, 0.15) is 5.75 Å². The van der Waals surface area contributed by atoms with Crippen molar-refractivity contribution < 1.29 is 19.1 Å². The van der Waals surface area contributed by atoms with Crippen molar-refractivity contribution in [3.63, 3.8) is 0 Å². The zero-order valence-electron chi connectivity index (χ0n) is 15.7. The lowest BCUT2D eigenvalue weighted by atomic mass is 9.75. The van der Waals surface area contributed by atoms with Gasteiger partial charge in [0.2, 0.25) is 0 Å². The van der Waals surface area contributed by atoms with Crippen LogP contribution in [0.3, 0.4) is 0 Å². The normalized spacial score (nSPS) is 20.0. The molecule has 0 bridgehead atoms. The van der Waals surface area contributed by atoms with E-state index >= 15 is 0 Å². The molecular weight excluding hydrogens is 330 g/mol. The summed E-state index contributed by atoms with van der Waals surface area (Å²) in [6.45, 7) is 5.50. The molecule has 0 fully saturated rings. The highest BCUT2D eigenvalue weighted by Crippen LogP contribution is 2.45. The van der Waals surface area contributed by atoms with Gasteiger partial charge in [-0.1, -0.05) is 18.2 Å². The lowest BCUT2D eigenvalue weighted by Crippen LogP contribution is -2.35. The molecule has 2 aliphatic rings. The van der Waals surface area contributed by atoms with Gasteiger partial charge in [-0.25, -0.2) is 4.79 Å². The van der Waals surface area contributed by atoms with Crippen molar-refractivity contribution in [3.8, 4) is 5.75 Å². The first-order valence-corrected chi connectivity index (χ1v) is 9.02. The highest BCUT2D eigenvalue weighted by Gasteiger charge is 2.40. The number of rotatable bonds is 4. The maximum absolute atomic E-state index is 12.9. The Bertz CT molecular complexity index is 804. The highest BCUT2D eigenvalue weighted by molar-refractivity contribution is 6.04. The molecule has 1 aliphatic heterocycles. The number of ketones is 1. The number of benzene rings is 1. The summed E-state index contributed by atoms with van der Waals surface area (Å²) in [5, 5.41) is 3.29. The molecular formula is C21H25NO4. The van der Waals surface area contributed by atoms with Gasteiger partial charge in [-0.05, 0) is 39.7 Å². The van der Waals surface area contributed by atoms with E-state index in [2.05, 4.69) is 5.32 Å². The molecule has 3 rings (SSSR count). The Balaban J connectivity index is 2.19. The van der Waals surface area contributed by atoms with Gasteiger partial charge in [0.05, 0.1) is 24.7 Å². The number of methoxy groups -OCH3 is 1. The van der Waals surface area contributed by atoms with Crippen LogP contribution in [0.4, 0.5) is 0 Å². The van der Waals surface area contributed by atoms with Crippen LogP contribution in [0.25, 0.3) is 0 Å². The molecule has 0 saturated heterocycles. The van der Waals surface area contributed by atoms with E-state index < -0.39 is 11.9 Å². The number of nitrogens with one attached hydrogen (secondary N) is 1. The van der Waals surface area contributed by atoms with E-state index in [-0.39, 0.29) is 11.9 Å². The Hall–Kier alpha value is -2.56. The minimum Gasteiger partial charge on any atom is -0.496 e. The van der Waals surface area contributed by atoms with E-state index in [0.29, 0.717) is 23.3 Å². The van der Waals surface area contributed by atoms with Gasteiger partial charge in [0.15, 0.2) is 5.78 Å². The number of carbonyl (C=O) groups is 2. The van der Waals surface area contributed by atoms with Crippen LogP contribution < -0.4 is 10.1 Å². The second kappa shape index (κ2) is 7.36. The van der Waals surface area contributed by atoms with Crippen LogP contribution in [-0.4, -0.2) is 25.0 Å². The fourth-order valence-electron chi connectivity index (χ4n) is 3.75. The van der Waals surface area contributed by atoms with E-state index in [9.17, 15) is 9.59 Å². The molecule has 0 amide bonds. The number of hydrogen-bond acceptors (Lipinski definition) is 5. The van der Waals surface area contributed by atoms with Crippen molar-refractivity contribution in [1.29, 1.82) is 0 Å². The third kappa shape index (κ3) is 3.26. The summed E-state index contributed by atoms with van der Waals surface area (Å²) in [6.07, 6.45) is 1.88. The first kappa shape index (κ1) is 18.2. The molecule has 1 N–H and O–H groups in total. The maximum atomic E-state index is 12.9. The number of hydrogen-bond donors (Lipinski definition) is 1. The minimum atomic E-state index is -0.471. The number of carbonyl (C=O) groups excluding carboxylic acids is 2. The largest absolute Gasteiger partial charge is 0.496 e. The summed E-state index contributed by atoms with van der Waals surface area (Å²) >= 11 is 0. The number of Topliss-reactive ketones (excluding diaryl/α,β-unsaturated/α-hetero) is 1. The van der Waals surface area contributed by atoms with Gasteiger partial charge in [0.25, 0.3) is 0 Å². The average molecular weight is 355 g/mol. The first-order valence-electron chi connectivity index (χ1n) is 9.02. The van der Waals surface area contributed by atoms with Crippen molar-refractivity contribution in [3.05, 3.63) is 52.4 Å². The second-order valence-corrected chi connectivity index (χ2v) is 6.96. The number of allylic oxidation sites excluding steroid dienone is 3. The summed E-state index contributed by atoms with van der Waals surface area (Å²) in [5.74, 6) is -0.128. The van der Waals surface area contributed by atoms with Gasteiger partial charge in [-0.15, -0.1) is 0 Å². The molecule has 138 valence electrons. The van der Waals surface area contributed by atoms with E-state index in [1.807, 2.05) is 45.0 Å². The zero-order valence-corrected chi connectivity index (χ0v) is 15.7. The first-order chi connectivity index (χ1) is 12.4. The number of ether oxygens (including phenoxy) is 2. The summed E-state index contributed by atoms with van der Waals surface area (Å²) in [4.78, 5) is 25.7. The van der Waals surface area contributed by atoms with Crippen molar-refractivity contribution in [2.45, 2.75) is 52.1 Å². The monoisotopic (exact) mass is 355 g/mol. The number of dihydropyridines is 1. The van der Waals surface area contributed by atoms with Crippen LogP contribution in [-0.2, 0) is 14.3 Å². The predicted molar refractivity (Wildman–Crippen MR) is 98.7 cm³/mol. The summed E-state index contributed by atoms with van der Waals surface area (Å²) < 4.78 is 11.0. The van der Waals surface area contributed by atoms with E-state index in [1.165, 1.54) is 0 Å². The fraction of sp³-hybridized carbons (Fsp3) is 0.429. The van der Waals surface area contributed by atoms with Gasteiger partial charge in [-0.3, -0.25) is 4.79 Å². The predicted octanol–water partition coefficient (Wildman–Crippen LogP) is 3.61. The lowest BCUT2D eigenvalue weighted by Gasteiger charge is -2.34. The molecule has 1 atom stereocenters. The van der Waals surface area contributed by atoms with Gasteiger partial charge >= 0.3 is 5.97 Å². The quantitative estimate of drug-likeness (QED) is 0.836. The van der Waals surface area contributed by atoms with Crippen LogP contribution >= 0.6 is 0 Å². The molecule has 1 aliphatic carbocycles.